The Morgan fingerprint density at radius 3 is 1.57 bits per heavy atom. The molecule has 0 aliphatic rings. The van der Waals surface area contributed by atoms with E-state index in [1.54, 1.807) is 30.3 Å². The van der Waals surface area contributed by atoms with Crippen molar-refractivity contribution in [2.75, 3.05) is 0 Å². The average molecular weight is 621 g/mol. The van der Waals surface area contributed by atoms with Gasteiger partial charge in [0.25, 0.3) is 0 Å². The predicted octanol–water partition coefficient (Wildman–Crippen LogP) is 9.09. The molecule has 0 fully saturated rings. The zero-order chi connectivity index (χ0) is 27.3. The summed E-state index contributed by atoms with van der Waals surface area (Å²) in [6.45, 7) is 6.54. The molecule has 0 saturated carbocycles. The fourth-order valence-corrected chi connectivity index (χ4v) is 4.73. The van der Waals surface area contributed by atoms with Crippen LogP contribution < -0.4 is 0 Å². The summed E-state index contributed by atoms with van der Waals surface area (Å²) in [5.74, 6) is 0.653. The van der Waals surface area contributed by atoms with Crippen molar-refractivity contribution in [1.29, 1.82) is 0 Å². The number of halogens is 1. The molecule has 0 amide bonds. The van der Waals surface area contributed by atoms with E-state index in [9.17, 15) is 8.42 Å². The number of hydrogen-bond donors (Lipinski definition) is 0. The van der Waals surface area contributed by atoms with Crippen LogP contribution in [0.25, 0.3) is 10.5 Å². The number of nitrogens with zero attached hydrogens (tertiary/aromatic N) is 1. The van der Waals surface area contributed by atoms with Gasteiger partial charge in [-0.15, -0.1) is 12.1 Å². The van der Waals surface area contributed by atoms with Gasteiger partial charge in [-0.3, -0.25) is 0 Å². The van der Waals surface area contributed by atoms with Crippen LogP contribution in [0.3, 0.4) is 0 Å². The first kappa shape index (κ1) is 30.9. The van der Waals surface area contributed by atoms with Crippen molar-refractivity contribution < 1.29 is 25.7 Å². The van der Waals surface area contributed by atoms with E-state index >= 15 is 0 Å². The molecule has 37 heavy (non-hydrogen) atoms. The Hall–Kier alpha value is -2.34. The smallest absolute Gasteiger partial charge is 0.101 e. The van der Waals surface area contributed by atoms with Crippen molar-refractivity contribution in [3.63, 3.8) is 0 Å². The number of rotatable bonds is 7. The van der Waals surface area contributed by atoms with Crippen molar-refractivity contribution in [3.8, 4) is 0 Å². The first-order valence-corrected chi connectivity index (χ1v) is 15.5. The third-order valence-electron chi connectivity index (χ3n) is 5.65. The van der Waals surface area contributed by atoms with Gasteiger partial charge in [0.2, 0.25) is 0 Å². The molecule has 195 valence electrons. The second-order valence-corrected chi connectivity index (χ2v) is 10.3. The molecule has 0 bridgehead atoms. The van der Waals surface area contributed by atoms with E-state index in [0.717, 1.165) is 5.56 Å². The molecule has 1 N–H and O–H groups in total. The van der Waals surface area contributed by atoms with Crippen LogP contribution in [0.2, 0.25) is 0 Å². The van der Waals surface area contributed by atoms with E-state index in [2.05, 4.69) is 59.4 Å². The summed E-state index contributed by atoms with van der Waals surface area (Å²) in [5, 5.41) is 0. The van der Waals surface area contributed by atoms with Crippen LogP contribution in [0, 0.1) is 6.92 Å². The Labute approximate surface area is 236 Å². The van der Waals surface area contributed by atoms with Crippen LogP contribution >= 0.6 is 9.69 Å². The molecule has 0 aliphatic carbocycles. The van der Waals surface area contributed by atoms with Crippen molar-refractivity contribution in [3.05, 3.63) is 148 Å². The maximum atomic E-state index is 12.7. The summed E-state index contributed by atoms with van der Waals surface area (Å²) >= 11 is 1.82. The van der Waals surface area contributed by atoms with E-state index in [4.69, 9.17) is 5.73 Å². The predicted molar refractivity (Wildman–Crippen MR) is 151 cm³/mol. The Morgan fingerprint density at radius 2 is 1.11 bits per heavy atom. The molecular weight excluding hydrogens is 589 g/mol. The molecule has 0 aromatic heterocycles. The minimum absolute atomic E-state index is 0.135. The molecule has 0 aliphatic heterocycles. The van der Waals surface area contributed by atoms with Gasteiger partial charge < -0.3 is 10.5 Å². The second-order valence-electron chi connectivity index (χ2n) is 8.70. The number of hydrogen-bond acceptors (Lipinski definition) is 2. The third kappa shape index (κ3) is 9.81. The molecule has 0 saturated heterocycles. The van der Waals surface area contributed by atoms with Gasteiger partial charge in [0, 0.05) is 4.90 Å². The quantitative estimate of drug-likeness (QED) is 0.193. The first-order chi connectivity index (χ1) is 17.8. The van der Waals surface area contributed by atoms with Crippen molar-refractivity contribution in [2.24, 2.45) is 0 Å². The number of sulfonamides is 1. The molecule has 0 unspecified atom stereocenters. The van der Waals surface area contributed by atoms with Crippen LogP contribution in [0.1, 0.15) is 54.1 Å². The Morgan fingerprint density at radius 1 is 0.676 bits per heavy atom. The molecule has 0 spiro atoms. The Balaban J connectivity index is 0.000000336. The van der Waals surface area contributed by atoms with Crippen molar-refractivity contribution in [1.82, 2.24) is 0 Å². The van der Waals surface area contributed by atoms with Crippen molar-refractivity contribution >= 4 is 19.7 Å². The summed E-state index contributed by atoms with van der Waals surface area (Å²) in [7, 11) is 0.713. The van der Waals surface area contributed by atoms with Crippen LogP contribution in [-0.2, 0) is 27.3 Å². The topological polar surface area (TPSA) is 72.0 Å². The van der Waals surface area contributed by atoms with Gasteiger partial charge in [0.1, 0.15) is 10.0 Å². The van der Waals surface area contributed by atoms with Crippen LogP contribution in [-0.4, -0.2) is 8.42 Å². The molecular formula is C30H32ClN2O2RuS. The third-order valence-corrected chi connectivity index (χ3v) is 7.03. The number of aryl methyl sites for hydroxylation is 1. The van der Waals surface area contributed by atoms with Gasteiger partial charge >= 0.3 is 27.0 Å². The standard InChI is InChI=1S/C20H18N2O2S.C10H14.ClH.Ru/c21-19(16-10-4-1-5-11-16)20(17-12-6-2-7-13-17)22-25(23,24)18-14-8-3-9-15-18;1-8(2)10-6-4-9(3)5-7-10;;/h1-15,19-21H;4-8H,1-3H3;1H;/q-2;;;+3/p-1/t19-,20-;;;/m0.../s1. The second kappa shape index (κ2) is 15.8. The maximum Gasteiger partial charge on any atom is 0.101 e. The fourth-order valence-electron chi connectivity index (χ4n) is 3.56. The van der Waals surface area contributed by atoms with Gasteiger partial charge in [-0.2, -0.15) is 0 Å². The van der Waals surface area contributed by atoms with Crippen molar-refractivity contribution in [2.45, 2.75) is 43.7 Å². The molecule has 0 radical (unpaired) electrons. The molecule has 4 aromatic rings. The Kier molecular flexibility index (Phi) is 13.2. The van der Waals surface area contributed by atoms with E-state index in [-0.39, 0.29) is 4.90 Å². The normalized spacial score (nSPS) is 12.4. The SMILES string of the molecule is Cc1ccc(C(C)C)cc1.[Cl][Ru+2].[NH-][C@@H](c1ccccc1)[C@@H]([N-]S(=O)(=O)c1ccccc1)c1ccccc1. The summed E-state index contributed by atoms with van der Waals surface area (Å²) < 4.78 is 29.5. The van der Waals surface area contributed by atoms with E-state index < -0.39 is 22.1 Å². The first-order valence-electron chi connectivity index (χ1n) is 11.8. The summed E-state index contributed by atoms with van der Waals surface area (Å²) in [6.07, 6.45) is 0. The number of nitrogens with one attached hydrogen (secondary N) is 1. The zero-order valence-electron chi connectivity index (χ0n) is 21.1. The molecule has 0 heterocycles. The molecule has 4 aromatic carbocycles. The monoisotopic (exact) mass is 621 g/mol. The largest absolute Gasteiger partial charge is 0.672 e. The summed E-state index contributed by atoms with van der Waals surface area (Å²) in [6, 6.07) is 33.5. The van der Waals surface area contributed by atoms with Gasteiger partial charge in [-0.1, -0.05) is 134 Å². The van der Waals surface area contributed by atoms with Gasteiger partial charge in [-0.05, 0) is 30.5 Å². The minimum atomic E-state index is -3.86. The zero-order valence-corrected chi connectivity index (χ0v) is 24.4. The van der Waals surface area contributed by atoms with Gasteiger partial charge in [0.05, 0.1) is 0 Å². The molecule has 2 atom stereocenters. The molecule has 4 nitrogen and oxygen atoms in total. The van der Waals surface area contributed by atoms with Gasteiger partial charge in [-0.25, -0.2) is 8.42 Å². The molecule has 7 heteroatoms. The van der Waals surface area contributed by atoms with Crippen LogP contribution in [0.15, 0.2) is 120 Å². The van der Waals surface area contributed by atoms with E-state index in [0.29, 0.717) is 11.5 Å². The minimum Gasteiger partial charge on any atom is -0.672 e. The summed E-state index contributed by atoms with van der Waals surface area (Å²) in [5.41, 5.74) is 12.8. The van der Waals surface area contributed by atoms with E-state index in [1.807, 2.05) is 65.8 Å². The average Bonchev–Trinajstić information content (AvgIpc) is 2.94. The van der Waals surface area contributed by atoms with Gasteiger partial charge in [0.15, 0.2) is 0 Å². The van der Waals surface area contributed by atoms with Crippen LogP contribution in [0.5, 0.6) is 0 Å². The van der Waals surface area contributed by atoms with Crippen LogP contribution in [0.4, 0.5) is 0 Å². The fraction of sp³-hybridized carbons (Fsp3) is 0.200. The molecule has 4 rings (SSSR count). The summed E-state index contributed by atoms with van der Waals surface area (Å²) in [4.78, 5) is 0.135. The number of benzene rings is 4. The Bertz CT molecular complexity index is 1270. The maximum absolute atomic E-state index is 12.7. The van der Waals surface area contributed by atoms with E-state index in [1.165, 1.54) is 23.3 Å².